The van der Waals surface area contributed by atoms with Crippen LogP contribution in [-0.4, -0.2) is 13.2 Å². The van der Waals surface area contributed by atoms with Gasteiger partial charge in [0, 0.05) is 24.1 Å². The van der Waals surface area contributed by atoms with E-state index in [1.54, 1.807) is 0 Å². The van der Waals surface area contributed by atoms with Gasteiger partial charge in [0.1, 0.15) is 6.17 Å². The van der Waals surface area contributed by atoms with Crippen molar-refractivity contribution >= 4 is 17.1 Å². The molecule has 0 saturated heterocycles. The van der Waals surface area contributed by atoms with Crippen LogP contribution in [0.15, 0.2) is 60.7 Å². The minimum absolute atomic E-state index is 0.147. The van der Waals surface area contributed by atoms with Crippen LogP contribution >= 0.6 is 0 Å². The van der Waals surface area contributed by atoms with Crippen molar-refractivity contribution in [1.29, 1.82) is 0 Å². The largest absolute Gasteiger partial charge is 0.352 e. The second kappa shape index (κ2) is 3.33. The fourth-order valence-corrected chi connectivity index (χ4v) is 4.56. The van der Waals surface area contributed by atoms with Crippen LogP contribution in [0.5, 0.6) is 0 Å². The highest BCUT2D eigenvalue weighted by molar-refractivity contribution is 5.89. The number of para-hydroxylation sites is 3. The monoisotopic (exact) mass is 274 g/mol. The van der Waals surface area contributed by atoms with Crippen molar-refractivity contribution in [1.82, 2.24) is 0 Å². The summed E-state index contributed by atoms with van der Waals surface area (Å²) in [6.45, 7) is 6.74. The zero-order valence-electron chi connectivity index (χ0n) is 12.4. The van der Waals surface area contributed by atoms with Gasteiger partial charge in [-0.15, -0.1) is 0 Å². The molecule has 2 aromatic carbocycles. The van der Waals surface area contributed by atoms with E-state index in [2.05, 4.69) is 78.9 Å². The molecule has 0 spiro atoms. The summed E-state index contributed by atoms with van der Waals surface area (Å²) in [5.41, 5.74) is 6.94. The zero-order valence-corrected chi connectivity index (χ0v) is 12.4. The van der Waals surface area contributed by atoms with Gasteiger partial charge in [-0.1, -0.05) is 49.4 Å². The van der Waals surface area contributed by atoms with Gasteiger partial charge in [0.05, 0.1) is 11.4 Å². The maximum atomic E-state index is 4.39. The van der Waals surface area contributed by atoms with Crippen molar-refractivity contribution in [3.05, 3.63) is 66.2 Å². The Morgan fingerprint density at radius 3 is 2.33 bits per heavy atom. The van der Waals surface area contributed by atoms with E-state index in [4.69, 9.17) is 0 Å². The van der Waals surface area contributed by atoms with Gasteiger partial charge in [0.25, 0.3) is 0 Å². The van der Waals surface area contributed by atoms with Crippen LogP contribution in [0.4, 0.5) is 17.1 Å². The highest BCUT2D eigenvalue weighted by Crippen LogP contribution is 2.69. The maximum Gasteiger partial charge on any atom is 0.114 e. The molecule has 3 aliphatic rings. The molecule has 104 valence electrons. The first kappa shape index (κ1) is 11.4. The number of anilines is 3. The molecular weight excluding hydrogens is 256 g/mol. The number of fused-ring (bicyclic) bond motifs is 8. The molecule has 1 saturated carbocycles. The van der Waals surface area contributed by atoms with E-state index in [0.29, 0.717) is 12.1 Å². The Hall–Kier alpha value is -2.22. The molecule has 2 heteroatoms. The lowest BCUT2D eigenvalue weighted by molar-refractivity contribution is 0.508. The van der Waals surface area contributed by atoms with Crippen LogP contribution in [0, 0.1) is 5.92 Å². The standard InChI is InChI=1S/C19H18N2/c1-12-17-18-20(3)15-10-6-7-11-16(15)21(18)14-9-5-4-8-13(14)19(12,17)2/h4-11,17-18H,1H2,2-3H3. The van der Waals surface area contributed by atoms with Gasteiger partial charge >= 0.3 is 0 Å². The van der Waals surface area contributed by atoms with Crippen molar-refractivity contribution in [2.75, 3.05) is 16.8 Å². The zero-order chi connectivity index (χ0) is 14.4. The molecule has 0 N–H and O–H groups in total. The summed E-state index contributed by atoms with van der Waals surface area (Å²) in [6.07, 6.45) is 0.370. The first-order valence-electron chi connectivity index (χ1n) is 7.55. The molecular formula is C19H18N2. The smallest absolute Gasteiger partial charge is 0.114 e. The van der Waals surface area contributed by atoms with E-state index in [1.807, 2.05) is 0 Å². The van der Waals surface area contributed by atoms with Gasteiger partial charge in [-0.3, -0.25) is 0 Å². The number of benzene rings is 2. The molecule has 1 aliphatic carbocycles. The van der Waals surface area contributed by atoms with Crippen LogP contribution in [0.1, 0.15) is 12.5 Å². The van der Waals surface area contributed by atoms with E-state index in [9.17, 15) is 0 Å². The molecule has 0 bridgehead atoms. The normalized spacial score (nSPS) is 31.4. The quantitative estimate of drug-likeness (QED) is 0.668. The Morgan fingerprint density at radius 2 is 1.57 bits per heavy atom. The lowest BCUT2D eigenvalue weighted by Gasteiger charge is -2.38. The minimum Gasteiger partial charge on any atom is -0.352 e. The van der Waals surface area contributed by atoms with Crippen LogP contribution in [0.25, 0.3) is 0 Å². The third-order valence-electron chi connectivity index (χ3n) is 5.79. The van der Waals surface area contributed by atoms with Gasteiger partial charge in [0.15, 0.2) is 0 Å². The minimum atomic E-state index is 0.147. The first-order valence-corrected chi connectivity index (χ1v) is 7.55. The Kier molecular flexibility index (Phi) is 1.81. The maximum absolute atomic E-state index is 4.39. The van der Waals surface area contributed by atoms with Crippen LogP contribution < -0.4 is 9.80 Å². The van der Waals surface area contributed by atoms with Crippen molar-refractivity contribution in [2.45, 2.75) is 18.5 Å². The number of hydrogen-bond donors (Lipinski definition) is 0. The number of nitrogens with zero attached hydrogens (tertiary/aromatic N) is 2. The molecule has 2 aromatic rings. The highest BCUT2D eigenvalue weighted by Gasteiger charge is 2.66. The lowest BCUT2D eigenvalue weighted by atomic mass is 9.88. The first-order chi connectivity index (χ1) is 10.2. The molecule has 3 atom stereocenters. The van der Waals surface area contributed by atoms with E-state index in [0.717, 1.165) is 0 Å². The van der Waals surface area contributed by atoms with Crippen molar-refractivity contribution in [3.63, 3.8) is 0 Å². The Morgan fingerprint density at radius 1 is 0.952 bits per heavy atom. The average molecular weight is 274 g/mol. The molecule has 3 unspecified atom stereocenters. The molecule has 5 rings (SSSR count). The van der Waals surface area contributed by atoms with Gasteiger partial charge in [-0.05, 0) is 23.8 Å². The van der Waals surface area contributed by atoms with Crippen molar-refractivity contribution < 1.29 is 0 Å². The SMILES string of the molecule is C=C1C2C3N(C)c4ccccc4N3c3ccccc3C12C. The van der Waals surface area contributed by atoms with Crippen LogP contribution in [0.3, 0.4) is 0 Å². The fraction of sp³-hybridized carbons (Fsp3) is 0.263. The second-order valence-corrected chi connectivity index (χ2v) is 6.61. The summed E-state index contributed by atoms with van der Waals surface area (Å²) in [4.78, 5) is 4.93. The van der Waals surface area contributed by atoms with Gasteiger partial charge in [0.2, 0.25) is 0 Å². The molecule has 1 fully saturated rings. The highest BCUT2D eigenvalue weighted by atomic mass is 15.4. The van der Waals surface area contributed by atoms with Crippen LogP contribution in [-0.2, 0) is 5.41 Å². The van der Waals surface area contributed by atoms with Gasteiger partial charge in [-0.25, -0.2) is 0 Å². The van der Waals surface area contributed by atoms with E-state index in [-0.39, 0.29) is 5.41 Å². The summed E-state index contributed by atoms with van der Waals surface area (Å²) >= 11 is 0. The molecule has 0 amide bonds. The van der Waals surface area contributed by atoms with E-state index < -0.39 is 0 Å². The predicted octanol–water partition coefficient (Wildman–Crippen LogP) is 4.06. The summed E-state index contributed by atoms with van der Waals surface area (Å²) in [5, 5.41) is 0. The summed E-state index contributed by atoms with van der Waals surface area (Å²) in [7, 11) is 2.21. The Balaban J connectivity index is 1.83. The Labute approximate surface area is 125 Å². The van der Waals surface area contributed by atoms with Crippen molar-refractivity contribution in [3.8, 4) is 0 Å². The Bertz CT molecular complexity index is 794. The molecule has 0 radical (unpaired) electrons. The van der Waals surface area contributed by atoms with Crippen LogP contribution in [0.2, 0.25) is 0 Å². The fourth-order valence-electron chi connectivity index (χ4n) is 4.56. The second-order valence-electron chi connectivity index (χ2n) is 6.61. The summed E-state index contributed by atoms with van der Waals surface area (Å²) < 4.78 is 0. The molecule has 2 nitrogen and oxygen atoms in total. The predicted molar refractivity (Wildman–Crippen MR) is 87.2 cm³/mol. The third-order valence-corrected chi connectivity index (χ3v) is 5.79. The number of hydrogen-bond acceptors (Lipinski definition) is 2. The summed E-state index contributed by atoms with van der Waals surface area (Å²) in [6, 6.07) is 17.5. The van der Waals surface area contributed by atoms with Gasteiger partial charge in [-0.2, -0.15) is 0 Å². The molecule has 0 aromatic heterocycles. The molecule has 21 heavy (non-hydrogen) atoms. The lowest BCUT2D eigenvalue weighted by Crippen LogP contribution is -2.45. The average Bonchev–Trinajstić information content (AvgIpc) is 2.95. The van der Waals surface area contributed by atoms with Crippen molar-refractivity contribution in [2.24, 2.45) is 5.92 Å². The van der Waals surface area contributed by atoms with E-state index >= 15 is 0 Å². The third kappa shape index (κ3) is 1.09. The molecule has 2 aliphatic heterocycles. The topological polar surface area (TPSA) is 6.48 Å². The van der Waals surface area contributed by atoms with E-state index in [1.165, 1.54) is 28.2 Å². The molecule has 2 heterocycles. The summed E-state index contributed by atoms with van der Waals surface area (Å²) in [5.74, 6) is 0.518. The van der Waals surface area contributed by atoms with Gasteiger partial charge < -0.3 is 9.80 Å². The number of rotatable bonds is 0.